The van der Waals surface area contributed by atoms with Crippen LogP contribution in [0.5, 0.6) is 11.5 Å². The average molecular weight is 266 g/mol. The highest BCUT2D eigenvalue weighted by Gasteiger charge is 2.33. The first-order valence-electron chi connectivity index (χ1n) is 6.85. The third-order valence-electron chi connectivity index (χ3n) is 4.00. The number of carbonyl (C=O) groups is 1. The van der Waals surface area contributed by atoms with Crippen LogP contribution in [-0.2, 0) is 6.42 Å². The third kappa shape index (κ3) is 1.63. The molecule has 20 heavy (non-hydrogen) atoms. The second-order valence-corrected chi connectivity index (χ2v) is 5.16. The van der Waals surface area contributed by atoms with Crippen LogP contribution in [0.2, 0.25) is 0 Å². The Labute approximate surface area is 117 Å². The van der Waals surface area contributed by atoms with Gasteiger partial charge in [-0.25, -0.2) is 0 Å². The van der Waals surface area contributed by atoms with Crippen LogP contribution in [0.3, 0.4) is 0 Å². The van der Waals surface area contributed by atoms with E-state index in [9.17, 15) is 4.79 Å². The molecule has 2 heterocycles. The Morgan fingerprint density at radius 2 is 1.95 bits per heavy atom. The highest BCUT2D eigenvalue weighted by molar-refractivity contribution is 6.04. The van der Waals surface area contributed by atoms with Crippen LogP contribution in [0.15, 0.2) is 42.5 Å². The van der Waals surface area contributed by atoms with Crippen molar-refractivity contribution in [1.29, 1.82) is 0 Å². The fraction of sp³-hybridized carbons (Fsp3) is 0.235. The highest BCUT2D eigenvalue weighted by atomic mass is 16.5. The Morgan fingerprint density at radius 3 is 2.90 bits per heavy atom. The molecule has 2 aliphatic heterocycles. The van der Waals surface area contributed by atoms with Gasteiger partial charge in [-0.1, -0.05) is 30.3 Å². The summed E-state index contributed by atoms with van der Waals surface area (Å²) in [6.45, 7) is 1.08. The van der Waals surface area contributed by atoms with Gasteiger partial charge in [0.15, 0.2) is 5.78 Å². The van der Waals surface area contributed by atoms with Gasteiger partial charge in [-0.2, -0.15) is 0 Å². The van der Waals surface area contributed by atoms with Crippen molar-refractivity contribution < 1.29 is 14.3 Å². The maximum Gasteiger partial charge on any atom is 0.177 e. The van der Waals surface area contributed by atoms with Crippen molar-refractivity contribution in [2.75, 3.05) is 13.2 Å². The van der Waals surface area contributed by atoms with E-state index >= 15 is 0 Å². The number of ketones is 1. The molecule has 0 N–H and O–H groups in total. The summed E-state index contributed by atoms with van der Waals surface area (Å²) in [7, 11) is 0. The molecule has 3 heteroatoms. The van der Waals surface area contributed by atoms with Gasteiger partial charge in [0.25, 0.3) is 0 Å². The van der Waals surface area contributed by atoms with E-state index in [0.29, 0.717) is 18.8 Å². The van der Waals surface area contributed by atoms with Crippen molar-refractivity contribution in [3.63, 3.8) is 0 Å². The summed E-state index contributed by atoms with van der Waals surface area (Å²) in [6, 6.07) is 13.6. The molecule has 0 amide bonds. The molecule has 0 saturated carbocycles. The largest absolute Gasteiger partial charge is 0.492 e. The number of benzene rings is 2. The first-order chi connectivity index (χ1) is 9.84. The minimum absolute atomic E-state index is 0.0914. The van der Waals surface area contributed by atoms with Gasteiger partial charge in [0.2, 0.25) is 0 Å². The predicted molar refractivity (Wildman–Crippen MR) is 74.6 cm³/mol. The van der Waals surface area contributed by atoms with Gasteiger partial charge in [-0.15, -0.1) is 0 Å². The first-order valence-corrected chi connectivity index (χ1v) is 6.85. The number of ether oxygens (including phenoxy) is 2. The minimum atomic E-state index is -0.220. The standard InChI is InChI=1S/C17H14O3/c18-16(13-6-3-4-11-8-9-19-17(11)13)14-10-20-15-7-2-1-5-12(14)15/h1-7,14H,8-10H2. The Morgan fingerprint density at radius 1 is 1.05 bits per heavy atom. The zero-order chi connectivity index (χ0) is 13.5. The predicted octanol–water partition coefficient (Wildman–Crippen LogP) is 2.98. The van der Waals surface area contributed by atoms with E-state index in [-0.39, 0.29) is 11.7 Å². The lowest BCUT2D eigenvalue weighted by molar-refractivity contribution is 0.0944. The molecule has 0 radical (unpaired) electrons. The van der Waals surface area contributed by atoms with Gasteiger partial charge in [0, 0.05) is 12.0 Å². The zero-order valence-corrected chi connectivity index (χ0v) is 11.0. The molecule has 0 aliphatic carbocycles. The minimum Gasteiger partial charge on any atom is -0.492 e. The van der Waals surface area contributed by atoms with Crippen molar-refractivity contribution in [3.05, 3.63) is 59.2 Å². The van der Waals surface area contributed by atoms with Crippen LogP contribution >= 0.6 is 0 Å². The molecule has 0 spiro atoms. The number of para-hydroxylation sites is 2. The van der Waals surface area contributed by atoms with E-state index in [0.717, 1.165) is 29.0 Å². The van der Waals surface area contributed by atoms with E-state index in [4.69, 9.17) is 9.47 Å². The maximum absolute atomic E-state index is 12.8. The molecule has 2 aromatic rings. The molecule has 2 aliphatic rings. The summed E-state index contributed by atoms with van der Waals surface area (Å²) in [5.74, 6) is 1.46. The Balaban J connectivity index is 1.75. The number of rotatable bonds is 2. The monoisotopic (exact) mass is 266 g/mol. The van der Waals surface area contributed by atoms with Crippen molar-refractivity contribution >= 4 is 5.78 Å². The van der Waals surface area contributed by atoms with Crippen LogP contribution in [0.25, 0.3) is 0 Å². The molecule has 4 rings (SSSR count). The fourth-order valence-electron chi connectivity index (χ4n) is 2.98. The summed E-state index contributed by atoms with van der Waals surface area (Å²) in [6.07, 6.45) is 0.883. The molecule has 3 nitrogen and oxygen atoms in total. The second-order valence-electron chi connectivity index (χ2n) is 5.16. The number of hydrogen-bond donors (Lipinski definition) is 0. The molecule has 1 atom stereocenters. The molecular weight excluding hydrogens is 252 g/mol. The number of carbonyl (C=O) groups excluding carboxylic acids is 1. The molecule has 2 aromatic carbocycles. The Kier molecular flexibility index (Phi) is 2.52. The van der Waals surface area contributed by atoms with Gasteiger partial charge in [0.05, 0.1) is 18.1 Å². The molecule has 0 saturated heterocycles. The average Bonchev–Trinajstić information content (AvgIpc) is 3.12. The molecular formula is C17H14O3. The summed E-state index contributed by atoms with van der Waals surface area (Å²) < 4.78 is 11.2. The lowest BCUT2D eigenvalue weighted by Crippen LogP contribution is -2.15. The van der Waals surface area contributed by atoms with Crippen molar-refractivity contribution in [2.24, 2.45) is 0 Å². The highest BCUT2D eigenvalue weighted by Crippen LogP contribution is 2.38. The topological polar surface area (TPSA) is 35.5 Å². The van der Waals surface area contributed by atoms with Crippen LogP contribution in [-0.4, -0.2) is 19.0 Å². The summed E-state index contributed by atoms with van der Waals surface area (Å²) in [5, 5.41) is 0. The van der Waals surface area contributed by atoms with Crippen molar-refractivity contribution in [1.82, 2.24) is 0 Å². The van der Waals surface area contributed by atoms with E-state index < -0.39 is 0 Å². The quantitative estimate of drug-likeness (QED) is 0.784. The molecule has 1 unspecified atom stereocenters. The second kappa shape index (κ2) is 4.37. The normalized spacial score (nSPS) is 18.9. The van der Waals surface area contributed by atoms with E-state index in [1.54, 1.807) is 0 Å². The molecule has 0 fully saturated rings. The molecule has 100 valence electrons. The van der Waals surface area contributed by atoms with Crippen molar-refractivity contribution in [2.45, 2.75) is 12.3 Å². The van der Waals surface area contributed by atoms with Gasteiger partial charge in [-0.3, -0.25) is 4.79 Å². The van der Waals surface area contributed by atoms with Gasteiger partial charge in [-0.05, 0) is 17.7 Å². The number of hydrogen-bond acceptors (Lipinski definition) is 3. The van der Waals surface area contributed by atoms with Crippen LogP contribution in [0.1, 0.15) is 27.4 Å². The third-order valence-corrected chi connectivity index (χ3v) is 4.00. The van der Waals surface area contributed by atoms with Crippen molar-refractivity contribution in [3.8, 4) is 11.5 Å². The summed E-state index contributed by atoms with van der Waals surface area (Å²) in [5.41, 5.74) is 2.79. The fourth-order valence-corrected chi connectivity index (χ4v) is 2.98. The number of fused-ring (bicyclic) bond motifs is 2. The SMILES string of the molecule is O=C(c1cccc2c1OCC2)C1COc2ccccc21. The van der Waals surface area contributed by atoms with Gasteiger partial charge >= 0.3 is 0 Å². The zero-order valence-electron chi connectivity index (χ0n) is 11.0. The molecule has 0 bridgehead atoms. The smallest absolute Gasteiger partial charge is 0.177 e. The summed E-state index contributed by atoms with van der Waals surface area (Å²) in [4.78, 5) is 12.8. The van der Waals surface area contributed by atoms with Gasteiger partial charge in [0.1, 0.15) is 18.1 Å². The molecule has 0 aromatic heterocycles. The van der Waals surface area contributed by atoms with Crippen LogP contribution in [0.4, 0.5) is 0 Å². The van der Waals surface area contributed by atoms with Crippen LogP contribution < -0.4 is 9.47 Å². The van der Waals surface area contributed by atoms with E-state index in [2.05, 4.69) is 0 Å². The lowest BCUT2D eigenvalue weighted by atomic mass is 9.91. The summed E-state index contributed by atoms with van der Waals surface area (Å²) >= 11 is 0. The first kappa shape index (κ1) is 11.5. The van der Waals surface area contributed by atoms with Crippen LogP contribution in [0, 0.1) is 0 Å². The van der Waals surface area contributed by atoms with E-state index in [1.165, 1.54) is 0 Å². The Hall–Kier alpha value is -2.29. The van der Waals surface area contributed by atoms with Gasteiger partial charge < -0.3 is 9.47 Å². The lowest BCUT2D eigenvalue weighted by Gasteiger charge is -2.11. The maximum atomic E-state index is 12.8. The number of Topliss-reactive ketones (excluding diaryl/α,β-unsaturated/α-hetero) is 1. The van der Waals surface area contributed by atoms with E-state index in [1.807, 2.05) is 42.5 Å². The Bertz CT molecular complexity index is 690.